The van der Waals surface area contributed by atoms with Gasteiger partial charge in [0.15, 0.2) is 0 Å². The number of carbonyl (C=O) groups is 1. The van der Waals surface area contributed by atoms with Crippen LogP contribution in [-0.2, 0) is 17.5 Å². The Morgan fingerprint density at radius 1 is 1.31 bits per heavy atom. The van der Waals surface area contributed by atoms with E-state index in [1.54, 1.807) is 6.07 Å². The van der Waals surface area contributed by atoms with Crippen LogP contribution in [-0.4, -0.2) is 33.4 Å². The topological polar surface area (TPSA) is 79.8 Å². The molecule has 0 spiro atoms. The van der Waals surface area contributed by atoms with Crippen LogP contribution in [0.4, 0.5) is 13.2 Å². The second-order valence-corrected chi connectivity index (χ2v) is 6.34. The molecule has 0 radical (unpaired) electrons. The van der Waals surface area contributed by atoms with Crippen molar-refractivity contribution in [3.63, 3.8) is 0 Å². The highest BCUT2D eigenvalue weighted by atomic mass is 19.4. The summed E-state index contributed by atoms with van der Waals surface area (Å²) in [4.78, 5) is 23.7. The molecule has 0 bridgehead atoms. The predicted molar refractivity (Wildman–Crippen MR) is 87.7 cm³/mol. The first-order chi connectivity index (χ1) is 12.3. The summed E-state index contributed by atoms with van der Waals surface area (Å²) < 4.78 is 37.7. The quantitative estimate of drug-likeness (QED) is 0.868. The number of carbonyl (C=O) groups excluding carboxylic acids is 1. The van der Waals surface area contributed by atoms with E-state index in [-0.39, 0.29) is 18.5 Å². The van der Waals surface area contributed by atoms with Crippen LogP contribution in [0.25, 0.3) is 11.3 Å². The minimum atomic E-state index is -4.48. The van der Waals surface area contributed by atoms with Gasteiger partial charge in [-0.2, -0.15) is 13.2 Å². The SMILES string of the molecule is CC1CNC(C(=O)NCc2cc(-c3ccc(C(F)(F)F)nc3)ncn2)C1. The fraction of sp³-hybridized carbons (Fsp3) is 0.412. The van der Waals surface area contributed by atoms with Crippen LogP contribution in [0.5, 0.6) is 0 Å². The third kappa shape index (κ3) is 4.34. The molecule has 2 unspecified atom stereocenters. The smallest absolute Gasteiger partial charge is 0.349 e. The van der Waals surface area contributed by atoms with Crippen molar-refractivity contribution in [1.29, 1.82) is 0 Å². The lowest BCUT2D eigenvalue weighted by molar-refractivity contribution is -0.141. The van der Waals surface area contributed by atoms with Crippen LogP contribution in [0.2, 0.25) is 0 Å². The van der Waals surface area contributed by atoms with Crippen LogP contribution in [0, 0.1) is 5.92 Å². The average molecular weight is 365 g/mol. The Labute approximate surface area is 148 Å². The number of aromatic nitrogens is 3. The molecule has 9 heteroatoms. The number of hydrogen-bond donors (Lipinski definition) is 2. The van der Waals surface area contributed by atoms with E-state index in [9.17, 15) is 18.0 Å². The molecule has 1 aliphatic heterocycles. The Morgan fingerprint density at radius 2 is 2.12 bits per heavy atom. The largest absolute Gasteiger partial charge is 0.433 e. The van der Waals surface area contributed by atoms with Gasteiger partial charge in [-0.1, -0.05) is 6.92 Å². The van der Waals surface area contributed by atoms with E-state index in [4.69, 9.17) is 0 Å². The summed E-state index contributed by atoms with van der Waals surface area (Å²) in [6.45, 7) is 3.11. The Kier molecular flexibility index (Phi) is 5.17. The van der Waals surface area contributed by atoms with Crippen molar-refractivity contribution in [3.8, 4) is 11.3 Å². The maximum absolute atomic E-state index is 12.6. The molecular formula is C17H18F3N5O. The Bertz CT molecular complexity index is 779. The maximum atomic E-state index is 12.6. The third-order valence-corrected chi connectivity index (χ3v) is 4.18. The fourth-order valence-corrected chi connectivity index (χ4v) is 2.78. The number of nitrogens with one attached hydrogen (secondary N) is 2. The number of halogens is 3. The van der Waals surface area contributed by atoms with Crippen molar-refractivity contribution in [3.05, 3.63) is 42.1 Å². The number of amides is 1. The normalized spacial score (nSPS) is 20.2. The van der Waals surface area contributed by atoms with Gasteiger partial charge in [-0.3, -0.25) is 9.78 Å². The van der Waals surface area contributed by atoms with E-state index in [0.29, 0.717) is 22.9 Å². The van der Waals surface area contributed by atoms with Crippen molar-refractivity contribution in [2.75, 3.05) is 6.54 Å². The average Bonchev–Trinajstić information content (AvgIpc) is 3.06. The van der Waals surface area contributed by atoms with Crippen LogP contribution in [0.1, 0.15) is 24.7 Å². The number of pyridine rings is 1. The van der Waals surface area contributed by atoms with Crippen molar-refractivity contribution in [2.24, 2.45) is 5.92 Å². The van der Waals surface area contributed by atoms with Gasteiger partial charge in [0, 0.05) is 11.8 Å². The molecular weight excluding hydrogens is 347 g/mol. The molecule has 3 heterocycles. The molecule has 1 fully saturated rings. The van der Waals surface area contributed by atoms with Crippen LogP contribution >= 0.6 is 0 Å². The van der Waals surface area contributed by atoms with Gasteiger partial charge in [0.2, 0.25) is 5.91 Å². The van der Waals surface area contributed by atoms with Crippen LogP contribution < -0.4 is 10.6 Å². The van der Waals surface area contributed by atoms with Gasteiger partial charge in [0.05, 0.1) is 24.0 Å². The van der Waals surface area contributed by atoms with E-state index in [1.807, 2.05) is 0 Å². The zero-order valence-electron chi connectivity index (χ0n) is 14.0. The molecule has 2 atom stereocenters. The van der Waals surface area contributed by atoms with E-state index >= 15 is 0 Å². The summed E-state index contributed by atoms with van der Waals surface area (Å²) >= 11 is 0. The molecule has 1 amide bonds. The molecule has 0 saturated carbocycles. The van der Waals surface area contributed by atoms with Crippen molar-refractivity contribution in [1.82, 2.24) is 25.6 Å². The molecule has 138 valence electrons. The molecule has 0 aliphatic carbocycles. The molecule has 26 heavy (non-hydrogen) atoms. The van der Waals surface area contributed by atoms with E-state index in [2.05, 4.69) is 32.5 Å². The lowest BCUT2D eigenvalue weighted by Gasteiger charge is -2.11. The lowest BCUT2D eigenvalue weighted by atomic mass is 10.1. The van der Waals surface area contributed by atoms with Gasteiger partial charge in [-0.25, -0.2) is 9.97 Å². The number of rotatable bonds is 4. The van der Waals surface area contributed by atoms with Crippen LogP contribution in [0.15, 0.2) is 30.7 Å². The molecule has 2 N–H and O–H groups in total. The van der Waals surface area contributed by atoms with E-state index in [0.717, 1.165) is 25.2 Å². The van der Waals surface area contributed by atoms with Crippen molar-refractivity contribution in [2.45, 2.75) is 32.1 Å². The molecule has 2 aromatic rings. The third-order valence-electron chi connectivity index (χ3n) is 4.18. The van der Waals surface area contributed by atoms with Gasteiger partial charge in [0.25, 0.3) is 0 Å². The minimum absolute atomic E-state index is 0.0919. The first-order valence-electron chi connectivity index (χ1n) is 8.18. The van der Waals surface area contributed by atoms with E-state index < -0.39 is 11.9 Å². The Morgan fingerprint density at radius 3 is 2.73 bits per heavy atom. The van der Waals surface area contributed by atoms with Gasteiger partial charge in [0.1, 0.15) is 12.0 Å². The standard InChI is InChI=1S/C17H18F3N5O/c1-10-4-14(21-6-10)16(26)23-8-12-5-13(25-9-24-12)11-2-3-15(22-7-11)17(18,19)20/h2-3,5,7,9-10,14,21H,4,6,8H2,1H3,(H,23,26). The molecule has 2 aromatic heterocycles. The Balaban J connectivity index is 1.65. The minimum Gasteiger partial charge on any atom is -0.349 e. The molecule has 0 aromatic carbocycles. The van der Waals surface area contributed by atoms with Crippen LogP contribution in [0.3, 0.4) is 0 Å². The fourth-order valence-electron chi connectivity index (χ4n) is 2.78. The number of nitrogens with zero attached hydrogens (tertiary/aromatic N) is 3. The maximum Gasteiger partial charge on any atom is 0.433 e. The highest BCUT2D eigenvalue weighted by Gasteiger charge is 2.32. The molecule has 3 rings (SSSR count). The van der Waals surface area contributed by atoms with E-state index in [1.165, 1.54) is 12.4 Å². The monoisotopic (exact) mass is 365 g/mol. The van der Waals surface area contributed by atoms with Gasteiger partial charge >= 0.3 is 6.18 Å². The molecule has 1 saturated heterocycles. The van der Waals surface area contributed by atoms with Gasteiger partial charge in [-0.05, 0) is 37.1 Å². The number of hydrogen-bond acceptors (Lipinski definition) is 5. The first-order valence-corrected chi connectivity index (χ1v) is 8.18. The predicted octanol–water partition coefficient (Wildman–Crippen LogP) is 2.17. The number of alkyl halides is 3. The van der Waals surface area contributed by atoms with Crippen molar-refractivity contribution >= 4 is 5.91 Å². The summed E-state index contributed by atoms with van der Waals surface area (Å²) in [5, 5.41) is 5.97. The zero-order chi connectivity index (χ0) is 18.7. The lowest BCUT2D eigenvalue weighted by Crippen LogP contribution is -2.40. The van der Waals surface area contributed by atoms with Crippen molar-refractivity contribution < 1.29 is 18.0 Å². The second kappa shape index (κ2) is 7.36. The highest BCUT2D eigenvalue weighted by molar-refractivity contribution is 5.82. The first kappa shape index (κ1) is 18.2. The Hall–Kier alpha value is -2.55. The summed E-state index contributed by atoms with van der Waals surface area (Å²) in [6, 6.07) is 3.64. The zero-order valence-corrected chi connectivity index (χ0v) is 14.0. The summed E-state index contributed by atoms with van der Waals surface area (Å²) in [5.41, 5.74) is 0.493. The summed E-state index contributed by atoms with van der Waals surface area (Å²) in [6.07, 6.45) is -1.26. The molecule has 1 aliphatic rings. The second-order valence-electron chi connectivity index (χ2n) is 6.34. The summed E-state index contributed by atoms with van der Waals surface area (Å²) in [5.74, 6) is 0.370. The molecule has 6 nitrogen and oxygen atoms in total. The van der Waals surface area contributed by atoms with Gasteiger partial charge in [-0.15, -0.1) is 0 Å². The van der Waals surface area contributed by atoms with Gasteiger partial charge < -0.3 is 10.6 Å². The summed E-state index contributed by atoms with van der Waals surface area (Å²) in [7, 11) is 0. The highest BCUT2D eigenvalue weighted by Crippen LogP contribution is 2.28.